The highest BCUT2D eigenvalue weighted by atomic mass is 32.2. The summed E-state index contributed by atoms with van der Waals surface area (Å²) >= 11 is 1.47. The van der Waals surface area contributed by atoms with E-state index in [2.05, 4.69) is 10.6 Å². The first-order valence-corrected chi connectivity index (χ1v) is 8.58. The molecule has 0 radical (unpaired) electrons. The van der Waals surface area contributed by atoms with E-state index in [1.807, 2.05) is 54.6 Å². The minimum Gasteiger partial charge on any atom is -0.326 e. The van der Waals surface area contributed by atoms with E-state index in [0.29, 0.717) is 5.75 Å². The van der Waals surface area contributed by atoms with E-state index >= 15 is 0 Å². The smallest absolute Gasteiger partial charge is 0.234 e. The van der Waals surface area contributed by atoms with E-state index in [1.165, 1.54) is 11.8 Å². The van der Waals surface area contributed by atoms with Gasteiger partial charge < -0.3 is 10.6 Å². The number of carbonyl (C=O) groups is 2. The average Bonchev–Trinajstić information content (AvgIpc) is 3.40. The van der Waals surface area contributed by atoms with E-state index in [4.69, 9.17) is 0 Å². The van der Waals surface area contributed by atoms with Gasteiger partial charge in [-0.05, 0) is 49.2 Å². The number of thioether (sulfide) groups is 1. The van der Waals surface area contributed by atoms with Gasteiger partial charge in [0, 0.05) is 22.2 Å². The molecule has 0 aliphatic heterocycles. The first kappa shape index (κ1) is 15.6. The first-order valence-electron chi connectivity index (χ1n) is 7.59. The molecule has 0 bridgehead atoms. The van der Waals surface area contributed by atoms with Crippen LogP contribution >= 0.6 is 11.8 Å². The Balaban J connectivity index is 1.46. The van der Waals surface area contributed by atoms with Gasteiger partial charge in [0.2, 0.25) is 11.8 Å². The molecular weight excluding hydrogens is 308 g/mol. The predicted molar refractivity (Wildman–Crippen MR) is 93.6 cm³/mol. The van der Waals surface area contributed by atoms with Crippen LogP contribution in [0.2, 0.25) is 0 Å². The van der Waals surface area contributed by atoms with E-state index < -0.39 is 0 Å². The summed E-state index contributed by atoms with van der Waals surface area (Å²) in [7, 11) is 0. The maximum Gasteiger partial charge on any atom is 0.234 e. The largest absolute Gasteiger partial charge is 0.326 e. The lowest BCUT2D eigenvalue weighted by Gasteiger charge is -2.07. The summed E-state index contributed by atoms with van der Waals surface area (Å²) in [5, 5.41) is 5.75. The summed E-state index contributed by atoms with van der Waals surface area (Å²) < 4.78 is 0. The van der Waals surface area contributed by atoms with Crippen LogP contribution in [0.15, 0.2) is 59.5 Å². The number of hydrogen-bond acceptors (Lipinski definition) is 3. The van der Waals surface area contributed by atoms with Crippen LogP contribution in [0, 0.1) is 5.92 Å². The predicted octanol–water partition coefficient (Wildman–Crippen LogP) is 3.77. The zero-order valence-electron chi connectivity index (χ0n) is 12.6. The molecule has 0 heterocycles. The normalized spacial score (nSPS) is 13.4. The number of benzene rings is 2. The third-order valence-corrected chi connectivity index (χ3v) is 4.51. The second-order valence-corrected chi connectivity index (χ2v) is 6.54. The molecule has 1 fully saturated rings. The number of para-hydroxylation sites is 1. The Morgan fingerprint density at radius 3 is 2.22 bits per heavy atom. The summed E-state index contributed by atoms with van der Waals surface area (Å²) in [6.45, 7) is 0. The second kappa shape index (κ2) is 7.33. The zero-order chi connectivity index (χ0) is 16.1. The fourth-order valence-electron chi connectivity index (χ4n) is 2.09. The molecule has 1 aliphatic rings. The third-order valence-electron chi connectivity index (χ3n) is 3.50. The fraction of sp³-hybridized carbons (Fsp3) is 0.222. The molecule has 4 nitrogen and oxygen atoms in total. The standard InChI is InChI=1S/C18H18N2O2S/c21-17(19-14-4-2-1-3-5-14)12-23-16-10-8-15(9-11-16)20-18(22)13-6-7-13/h1-5,8-11,13H,6-7,12H2,(H,19,21)(H,20,22). The van der Waals surface area contributed by atoms with Crippen LogP contribution in [0.25, 0.3) is 0 Å². The molecule has 0 saturated heterocycles. The van der Waals surface area contributed by atoms with E-state index in [0.717, 1.165) is 29.1 Å². The van der Waals surface area contributed by atoms with Gasteiger partial charge in [0.25, 0.3) is 0 Å². The second-order valence-electron chi connectivity index (χ2n) is 5.49. The first-order chi connectivity index (χ1) is 11.2. The molecule has 1 aliphatic carbocycles. The fourth-order valence-corrected chi connectivity index (χ4v) is 2.79. The minimum absolute atomic E-state index is 0.0349. The molecule has 1 saturated carbocycles. The lowest BCUT2D eigenvalue weighted by Crippen LogP contribution is -2.14. The van der Waals surface area contributed by atoms with Gasteiger partial charge in [-0.1, -0.05) is 18.2 Å². The Hall–Kier alpha value is -2.27. The molecule has 0 spiro atoms. The number of amides is 2. The molecule has 5 heteroatoms. The number of nitrogens with one attached hydrogen (secondary N) is 2. The topological polar surface area (TPSA) is 58.2 Å². The van der Waals surface area contributed by atoms with Gasteiger partial charge >= 0.3 is 0 Å². The van der Waals surface area contributed by atoms with Crippen molar-refractivity contribution in [3.05, 3.63) is 54.6 Å². The van der Waals surface area contributed by atoms with Crippen LogP contribution in [0.3, 0.4) is 0 Å². The molecule has 118 valence electrons. The molecular formula is C18H18N2O2S. The van der Waals surface area contributed by atoms with Crippen LogP contribution < -0.4 is 10.6 Å². The summed E-state index contributed by atoms with van der Waals surface area (Å²) in [4.78, 5) is 24.6. The van der Waals surface area contributed by atoms with Crippen molar-refractivity contribution in [1.29, 1.82) is 0 Å². The Morgan fingerprint density at radius 2 is 1.57 bits per heavy atom. The van der Waals surface area contributed by atoms with Gasteiger partial charge in [-0.25, -0.2) is 0 Å². The van der Waals surface area contributed by atoms with Crippen molar-refractivity contribution in [3.63, 3.8) is 0 Å². The van der Waals surface area contributed by atoms with Gasteiger partial charge in [-0.2, -0.15) is 0 Å². The van der Waals surface area contributed by atoms with Crippen molar-refractivity contribution in [1.82, 2.24) is 0 Å². The molecule has 2 amide bonds. The summed E-state index contributed by atoms with van der Waals surface area (Å²) in [6, 6.07) is 17.0. The number of rotatable bonds is 6. The SMILES string of the molecule is O=C(CSc1ccc(NC(=O)C2CC2)cc1)Nc1ccccc1. The zero-order valence-corrected chi connectivity index (χ0v) is 13.4. The van der Waals surface area contributed by atoms with Crippen molar-refractivity contribution in [3.8, 4) is 0 Å². The van der Waals surface area contributed by atoms with Gasteiger partial charge in [0.05, 0.1) is 5.75 Å². The van der Waals surface area contributed by atoms with Crippen molar-refractivity contribution in [2.45, 2.75) is 17.7 Å². The Bertz CT molecular complexity index is 682. The van der Waals surface area contributed by atoms with Crippen LogP contribution in [-0.4, -0.2) is 17.6 Å². The van der Waals surface area contributed by atoms with Crippen LogP contribution in [0.4, 0.5) is 11.4 Å². The molecule has 0 unspecified atom stereocenters. The molecule has 2 aromatic carbocycles. The van der Waals surface area contributed by atoms with Crippen molar-refractivity contribution >= 4 is 35.0 Å². The Morgan fingerprint density at radius 1 is 0.913 bits per heavy atom. The minimum atomic E-state index is -0.0349. The van der Waals surface area contributed by atoms with Gasteiger partial charge in [0.1, 0.15) is 0 Å². The van der Waals surface area contributed by atoms with Crippen molar-refractivity contribution < 1.29 is 9.59 Å². The van der Waals surface area contributed by atoms with Crippen molar-refractivity contribution in [2.75, 3.05) is 16.4 Å². The third kappa shape index (κ3) is 4.86. The van der Waals surface area contributed by atoms with Crippen LogP contribution in [-0.2, 0) is 9.59 Å². The number of carbonyl (C=O) groups excluding carboxylic acids is 2. The van der Waals surface area contributed by atoms with Crippen LogP contribution in [0.1, 0.15) is 12.8 Å². The van der Waals surface area contributed by atoms with Gasteiger partial charge in [-0.15, -0.1) is 11.8 Å². The van der Waals surface area contributed by atoms with Gasteiger partial charge in [-0.3, -0.25) is 9.59 Å². The molecule has 23 heavy (non-hydrogen) atoms. The quantitative estimate of drug-likeness (QED) is 0.795. The van der Waals surface area contributed by atoms with E-state index in [-0.39, 0.29) is 17.7 Å². The molecule has 0 atom stereocenters. The average molecular weight is 326 g/mol. The Labute approximate surface area is 139 Å². The molecule has 2 aromatic rings. The molecule has 0 aromatic heterocycles. The van der Waals surface area contributed by atoms with Crippen molar-refractivity contribution in [2.24, 2.45) is 5.92 Å². The monoisotopic (exact) mass is 326 g/mol. The van der Waals surface area contributed by atoms with Crippen LogP contribution in [0.5, 0.6) is 0 Å². The van der Waals surface area contributed by atoms with E-state index in [9.17, 15) is 9.59 Å². The maximum atomic E-state index is 11.9. The summed E-state index contributed by atoms with van der Waals surface area (Å²) in [6.07, 6.45) is 1.99. The summed E-state index contributed by atoms with van der Waals surface area (Å²) in [5.41, 5.74) is 1.61. The molecule has 2 N–H and O–H groups in total. The lowest BCUT2D eigenvalue weighted by atomic mass is 10.3. The highest BCUT2D eigenvalue weighted by Gasteiger charge is 2.29. The number of hydrogen-bond donors (Lipinski definition) is 2. The number of anilines is 2. The molecule has 3 rings (SSSR count). The Kier molecular flexibility index (Phi) is 4.98. The van der Waals surface area contributed by atoms with Gasteiger partial charge in [0.15, 0.2) is 0 Å². The van der Waals surface area contributed by atoms with E-state index in [1.54, 1.807) is 0 Å². The highest BCUT2D eigenvalue weighted by Crippen LogP contribution is 2.30. The highest BCUT2D eigenvalue weighted by molar-refractivity contribution is 8.00. The summed E-state index contributed by atoms with van der Waals surface area (Å²) in [5.74, 6) is 0.619. The lowest BCUT2D eigenvalue weighted by molar-refractivity contribution is -0.117. The maximum absolute atomic E-state index is 11.9.